The zero-order chi connectivity index (χ0) is 7.28. The summed E-state index contributed by atoms with van der Waals surface area (Å²) in [5.74, 6) is -0.438. The van der Waals surface area contributed by atoms with Crippen LogP contribution in [0.3, 0.4) is 0 Å². The van der Waals surface area contributed by atoms with Crippen LogP contribution < -0.4 is 5.73 Å². The number of hydrogen-bond donors (Lipinski definition) is 1. The largest absolute Gasteiger partial charge is 0.331 e. The Hall–Kier alpha value is -0.900. The molecule has 0 spiro atoms. The Balaban J connectivity index is 3.36. The Morgan fingerprint density at radius 2 is 2.44 bits per heavy atom. The summed E-state index contributed by atoms with van der Waals surface area (Å²) in [6.45, 7) is 3.01. The van der Waals surface area contributed by atoms with Gasteiger partial charge in [0.25, 0.3) is 0 Å². The van der Waals surface area contributed by atoms with E-state index in [4.69, 9.17) is 5.73 Å². The number of hydrogen-bond acceptors (Lipinski definition) is 4. The topological polar surface area (TPSA) is 64.7 Å². The van der Waals surface area contributed by atoms with Gasteiger partial charge in [0.05, 0.1) is 6.21 Å². The molecule has 1 atom stereocenters. The molecule has 0 saturated carbocycles. The summed E-state index contributed by atoms with van der Waals surface area (Å²) in [6.07, 6.45) is 1.35. The third kappa shape index (κ3) is 7.10. The van der Waals surface area contributed by atoms with Gasteiger partial charge in [-0.05, 0) is 6.92 Å². The summed E-state index contributed by atoms with van der Waals surface area (Å²) in [6, 6.07) is -0.177. The van der Waals surface area contributed by atoms with Gasteiger partial charge in [0.15, 0.2) is 0 Å². The van der Waals surface area contributed by atoms with E-state index in [1.807, 2.05) is 0 Å². The molecule has 0 rings (SSSR count). The number of carbonyl (C=O) groups excluding carboxylic acids is 1. The smallest absolute Gasteiger partial charge is 0.323 e. The highest BCUT2D eigenvalue weighted by molar-refractivity contribution is 5.68. The van der Waals surface area contributed by atoms with Gasteiger partial charge in [-0.2, -0.15) is 0 Å². The predicted octanol–water partition coefficient (Wildman–Crippen LogP) is -0.118. The number of rotatable bonds is 2. The first kappa shape index (κ1) is 8.10. The van der Waals surface area contributed by atoms with E-state index in [-0.39, 0.29) is 6.04 Å². The molecule has 0 amide bonds. The van der Waals surface area contributed by atoms with Crippen LogP contribution in [0.25, 0.3) is 0 Å². The molecule has 0 radical (unpaired) electrons. The van der Waals surface area contributed by atoms with Gasteiger partial charge in [-0.25, -0.2) is 4.79 Å². The maximum atomic E-state index is 10.0. The Kier molecular flexibility index (Phi) is 3.62. The van der Waals surface area contributed by atoms with E-state index in [0.717, 1.165) is 0 Å². The fourth-order valence-corrected chi connectivity index (χ4v) is 0.201. The molecule has 0 aliphatic rings. The van der Waals surface area contributed by atoms with Crippen molar-refractivity contribution in [2.45, 2.75) is 19.9 Å². The van der Waals surface area contributed by atoms with Crippen molar-refractivity contribution >= 4 is 12.2 Å². The van der Waals surface area contributed by atoms with Crippen molar-refractivity contribution < 1.29 is 9.63 Å². The van der Waals surface area contributed by atoms with Crippen LogP contribution in [0, 0.1) is 0 Å². The van der Waals surface area contributed by atoms with Gasteiger partial charge in [0, 0.05) is 13.0 Å². The molecule has 0 aliphatic heterocycles. The second-order valence-electron chi connectivity index (χ2n) is 1.70. The van der Waals surface area contributed by atoms with Crippen LogP contribution in [-0.2, 0) is 9.63 Å². The van der Waals surface area contributed by atoms with Crippen LogP contribution in [0.2, 0.25) is 0 Å². The Labute approximate surface area is 53.7 Å². The molecule has 1 unspecified atom stereocenters. The second-order valence-corrected chi connectivity index (χ2v) is 1.70. The predicted molar refractivity (Wildman–Crippen MR) is 33.9 cm³/mol. The summed E-state index contributed by atoms with van der Waals surface area (Å²) >= 11 is 0. The van der Waals surface area contributed by atoms with Crippen LogP contribution in [0.1, 0.15) is 13.8 Å². The fraction of sp³-hybridized carbons (Fsp3) is 0.600. The lowest BCUT2D eigenvalue weighted by molar-refractivity contribution is -0.140. The molecular formula is C5H10N2O2. The average Bonchev–Trinajstić information content (AvgIpc) is 1.63. The third-order valence-electron chi connectivity index (χ3n) is 0.477. The number of nitrogens with two attached hydrogens (primary N) is 1. The van der Waals surface area contributed by atoms with E-state index in [1.165, 1.54) is 13.1 Å². The van der Waals surface area contributed by atoms with Crippen LogP contribution in [0.4, 0.5) is 0 Å². The van der Waals surface area contributed by atoms with Crippen LogP contribution in [0.15, 0.2) is 5.16 Å². The molecule has 4 heteroatoms. The van der Waals surface area contributed by atoms with Gasteiger partial charge < -0.3 is 10.6 Å². The highest BCUT2D eigenvalue weighted by Crippen LogP contribution is 1.75. The molecule has 0 bridgehead atoms. The molecule has 2 N–H and O–H groups in total. The van der Waals surface area contributed by atoms with E-state index in [2.05, 4.69) is 9.99 Å². The molecule has 0 aromatic rings. The number of oxime groups is 1. The molecule has 0 aromatic heterocycles. The maximum absolute atomic E-state index is 10.0. The average molecular weight is 130 g/mol. The minimum atomic E-state index is -0.438. The van der Waals surface area contributed by atoms with E-state index in [1.54, 1.807) is 6.92 Å². The SMILES string of the molecule is CC(=O)O/N=C\C(C)N. The molecule has 4 nitrogen and oxygen atoms in total. The second kappa shape index (κ2) is 4.03. The molecule has 0 aromatic carbocycles. The summed E-state index contributed by atoms with van der Waals surface area (Å²) < 4.78 is 0. The maximum Gasteiger partial charge on any atom is 0.331 e. The number of nitrogens with zero attached hydrogens (tertiary/aromatic N) is 1. The van der Waals surface area contributed by atoms with E-state index >= 15 is 0 Å². The molecule has 0 heterocycles. The van der Waals surface area contributed by atoms with Crippen molar-refractivity contribution in [1.29, 1.82) is 0 Å². The van der Waals surface area contributed by atoms with Crippen LogP contribution in [0.5, 0.6) is 0 Å². The Bertz CT molecular complexity index is 120. The first-order valence-corrected chi connectivity index (χ1v) is 2.59. The lowest BCUT2D eigenvalue weighted by atomic mass is 10.4. The fourth-order valence-electron chi connectivity index (χ4n) is 0.201. The monoisotopic (exact) mass is 130 g/mol. The molecule has 0 aliphatic carbocycles. The first-order chi connectivity index (χ1) is 4.13. The summed E-state index contributed by atoms with van der Waals surface area (Å²) in [5.41, 5.74) is 5.24. The van der Waals surface area contributed by atoms with Crippen LogP contribution >= 0.6 is 0 Å². The lowest BCUT2D eigenvalue weighted by Crippen LogP contribution is -2.16. The minimum absolute atomic E-state index is 0.177. The summed E-state index contributed by atoms with van der Waals surface area (Å²) in [5, 5.41) is 3.27. The summed E-state index contributed by atoms with van der Waals surface area (Å²) in [4.78, 5) is 14.3. The molecule has 52 valence electrons. The lowest BCUT2D eigenvalue weighted by Gasteiger charge is -1.91. The van der Waals surface area contributed by atoms with Crippen molar-refractivity contribution in [1.82, 2.24) is 0 Å². The van der Waals surface area contributed by atoms with Gasteiger partial charge in [0.1, 0.15) is 0 Å². The highest BCUT2D eigenvalue weighted by atomic mass is 16.7. The normalized spacial score (nSPS) is 13.7. The standard InChI is InChI=1S/C5H10N2O2/c1-4(6)3-7-9-5(2)8/h3-4H,6H2,1-2H3/b7-3-. The van der Waals surface area contributed by atoms with Gasteiger partial charge in [-0.1, -0.05) is 5.16 Å². The quantitative estimate of drug-likeness (QED) is 0.322. The van der Waals surface area contributed by atoms with Gasteiger partial charge >= 0.3 is 5.97 Å². The van der Waals surface area contributed by atoms with Gasteiger partial charge in [0.2, 0.25) is 0 Å². The van der Waals surface area contributed by atoms with Crippen molar-refractivity contribution in [3.8, 4) is 0 Å². The molecular weight excluding hydrogens is 120 g/mol. The molecule has 0 fully saturated rings. The van der Waals surface area contributed by atoms with Crippen molar-refractivity contribution in [3.05, 3.63) is 0 Å². The van der Waals surface area contributed by atoms with Gasteiger partial charge in [-0.15, -0.1) is 0 Å². The molecule has 0 saturated heterocycles. The van der Waals surface area contributed by atoms with E-state index in [0.29, 0.717) is 0 Å². The van der Waals surface area contributed by atoms with Gasteiger partial charge in [-0.3, -0.25) is 0 Å². The van der Waals surface area contributed by atoms with Crippen molar-refractivity contribution in [2.75, 3.05) is 0 Å². The number of carbonyl (C=O) groups is 1. The zero-order valence-corrected chi connectivity index (χ0v) is 5.50. The Morgan fingerprint density at radius 1 is 1.89 bits per heavy atom. The highest BCUT2D eigenvalue weighted by Gasteiger charge is 1.87. The third-order valence-corrected chi connectivity index (χ3v) is 0.477. The zero-order valence-electron chi connectivity index (χ0n) is 5.50. The summed E-state index contributed by atoms with van der Waals surface area (Å²) in [7, 11) is 0. The van der Waals surface area contributed by atoms with E-state index < -0.39 is 5.97 Å². The first-order valence-electron chi connectivity index (χ1n) is 2.59. The Morgan fingerprint density at radius 3 is 2.78 bits per heavy atom. The van der Waals surface area contributed by atoms with Crippen molar-refractivity contribution in [2.24, 2.45) is 10.9 Å². The van der Waals surface area contributed by atoms with Crippen LogP contribution in [-0.4, -0.2) is 18.2 Å². The van der Waals surface area contributed by atoms with E-state index in [9.17, 15) is 4.79 Å². The van der Waals surface area contributed by atoms with Crippen molar-refractivity contribution in [3.63, 3.8) is 0 Å². The minimum Gasteiger partial charge on any atom is -0.323 e. The molecule has 9 heavy (non-hydrogen) atoms.